The van der Waals surface area contributed by atoms with Gasteiger partial charge >= 0.3 is 0 Å². The minimum atomic E-state index is -0.698. The van der Waals surface area contributed by atoms with Gasteiger partial charge in [0.1, 0.15) is 0 Å². The second kappa shape index (κ2) is 4.65. The normalized spacial score (nSPS) is 59.4. The fraction of sp³-hybridized carbons (Fsp3) is 1.00. The highest BCUT2D eigenvalue weighted by molar-refractivity contribution is 5.08. The lowest BCUT2D eigenvalue weighted by molar-refractivity contribution is -0.577. The van der Waals surface area contributed by atoms with Crippen LogP contribution in [-0.4, -0.2) is 31.1 Å². The minimum absolute atomic E-state index is 0.230. The van der Waals surface area contributed by atoms with Gasteiger partial charge in [-0.1, -0.05) is 13.8 Å². The second-order valence-electron chi connectivity index (χ2n) is 7.51. The first-order chi connectivity index (χ1) is 10.00. The first kappa shape index (κ1) is 14.4. The lowest BCUT2D eigenvalue weighted by atomic mass is 9.58. The molecular formula is C16H26O5. The maximum Gasteiger partial charge on any atom is 0.201 e. The van der Waals surface area contributed by atoms with Crippen LogP contribution >= 0.6 is 0 Å². The van der Waals surface area contributed by atoms with E-state index in [4.69, 9.17) is 24.0 Å². The van der Waals surface area contributed by atoms with E-state index in [1.165, 1.54) is 6.42 Å². The van der Waals surface area contributed by atoms with Crippen LogP contribution in [-0.2, 0) is 24.0 Å². The summed E-state index contributed by atoms with van der Waals surface area (Å²) < 4.78 is 17.9. The highest BCUT2D eigenvalue weighted by Gasteiger charge is 2.69. The average Bonchev–Trinajstić information content (AvgIpc) is 2.69. The largest absolute Gasteiger partial charge is 0.355 e. The molecule has 5 heteroatoms. The monoisotopic (exact) mass is 298 g/mol. The molecule has 5 aliphatic rings. The van der Waals surface area contributed by atoms with Crippen LogP contribution in [0.2, 0.25) is 0 Å². The van der Waals surface area contributed by atoms with Crippen LogP contribution in [0.3, 0.4) is 0 Å². The summed E-state index contributed by atoms with van der Waals surface area (Å²) in [6, 6.07) is 0. The number of ether oxygens (including phenoxy) is 3. The van der Waals surface area contributed by atoms with Crippen molar-refractivity contribution in [3.05, 3.63) is 0 Å². The Balaban J connectivity index is 1.79. The predicted octanol–water partition coefficient (Wildman–Crippen LogP) is 2.84. The van der Waals surface area contributed by atoms with Crippen LogP contribution in [0.5, 0.6) is 0 Å². The van der Waals surface area contributed by atoms with Crippen molar-refractivity contribution >= 4 is 0 Å². The second-order valence-corrected chi connectivity index (χ2v) is 7.51. The zero-order chi connectivity index (χ0) is 14.8. The van der Waals surface area contributed by atoms with Crippen LogP contribution in [0.15, 0.2) is 0 Å². The van der Waals surface area contributed by atoms with Gasteiger partial charge in [-0.25, -0.2) is 9.78 Å². The van der Waals surface area contributed by atoms with Crippen LogP contribution in [0.25, 0.3) is 0 Å². The molecule has 0 aromatic heterocycles. The zero-order valence-corrected chi connectivity index (χ0v) is 13.3. The third-order valence-corrected chi connectivity index (χ3v) is 6.33. The lowest BCUT2D eigenvalue weighted by Crippen LogP contribution is -2.70. The summed E-state index contributed by atoms with van der Waals surface area (Å²) in [5.74, 6) is 0.953. The quantitative estimate of drug-likeness (QED) is 0.697. The van der Waals surface area contributed by atoms with Gasteiger partial charge < -0.3 is 14.2 Å². The van der Waals surface area contributed by atoms with Crippen molar-refractivity contribution in [2.45, 2.75) is 70.4 Å². The lowest BCUT2D eigenvalue weighted by Gasteiger charge is -2.60. The Labute approximate surface area is 126 Å². The molecule has 1 spiro atoms. The number of fused-ring (bicyclic) bond motifs is 2. The molecule has 0 amide bonds. The van der Waals surface area contributed by atoms with E-state index in [-0.39, 0.29) is 12.2 Å². The van der Waals surface area contributed by atoms with E-state index in [0.717, 1.165) is 19.3 Å². The number of hydrogen-bond donors (Lipinski definition) is 0. The van der Waals surface area contributed by atoms with Crippen molar-refractivity contribution in [3.8, 4) is 0 Å². The molecule has 0 aromatic carbocycles. The van der Waals surface area contributed by atoms with E-state index in [1.807, 2.05) is 6.92 Å². The van der Waals surface area contributed by atoms with E-state index in [2.05, 4.69) is 13.8 Å². The first-order valence-electron chi connectivity index (χ1n) is 8.23. The van der Waals surface area contributed by atoms with E-state index < -0.39 is 17.7 Å². The van der Waals surface area contributed by atoms with Crippen molar-refractivity contribution in [3.63, 3.8) is 0 Å². The number of rotatable bonds is 1. The van der Waals surface area contributed by atoms with Crippen molar-refractivity contribution in [1.29, 1.82) is 0 Å². The molecule has 4 heterocycles. The summed E-state index contributed by atoms with van der Waals surface area (Å²) in [4.78, 5) is 11.8. The van der Waals surface area contributed by atoms with Gasteiger partial charge in [-0.3, -0.25) is 0 Å². The molecule has 5 nitrogen and oxygen atoms in total. The molecule has 21 heavy (non-hydrogen) atoms. The Kier molecular flexibility index (Phi) is 3.19. The van der Waals surface area contributed by atoms with Crippen molar-refractivity contribution in [2.24, 2.45) is 23.7 Å². The minimum Gasteiger partial charge on any atom is -0.355 e. The van der Waals surface area contributed by atoms with Gasteiger partial charge in [0.05, 0.1) is 0 Å². The smallest absolute Gasteiger partial charge is 0.201 e. The zero-order valence-electron chi connectivity index (χ0n) is 13.3. The summed E-state index contributed by atoms with van der Waals surface area (Å²) >= 11 is 0. The van der Waals surface area contributed by atoms with Crippen LogP contribution in [0.1, 0.15) is 46.5 Å². The van der Waals surface area contributed by atoms with Crippen LogP contribution in [0.4, 0.5) is 0 Å². The Bertz CT molecular complexity index is 429. The van der Waals surface area contributed by atoms with Crippen LogP contribution in [0, 0.1) is 23.7 Å². The first-order valence-corrected chi connectivity index (χ1v) is 8.23. The molecule has 0 radical (unpaired) electrons. The summed E-state index contributed by atoms with van der Waals surface area (Å²) in [5, 5.41) is 0. The molecule has 3 unspecified atom stereocenters. The Morgan fingerprint density at radius 3 is 2.62 bits per heavy atom. The summed E-state index contributed by atoms with van der Waals surface area (Å²) in [5.41, 5.74) is -0.470. The van der Waals surface area contributed by atoms with E-state index in [0.29, 0.717) is 17.8 Å². The molecule has 0 aromatic rings. The molecule has 1 saturated carbocycles. The predicted molar refractivity (Wildman–Crippen MR) is 73.8 cm³/mol. The summed E-state index contributed by atoms with van der Waals surface area (Å²) in [6.45, 7) is 6.46. The van der Waals surface area contributed by atoms with E-state index in [9.17, 15) is 0 Å². The Morgan fingerprint density at radius 2 is 1.86 bits per heavy atom. The molecule has 0 N–H and O–H groups in total. The Hall–Kier alpha value is -0.200. The van der Waals surface area contributed by atoms with Gasteiger partial charge in [0.2, 0.25) is 5.79 Å². The molecule has 2 bridgehead atoms. The highest BCUT2D eigenvalue weighted by atomic mass is 17.3. The SMILES string of the molecule is COC1O[C@@H]2O[C@@]3(C)CCC4[C@H](C)CCC([C@H]1C)[C@]42OO3. The van der Waals surface area contributed by atoms with E-state index >= 15 is 0 Å². The fourth-order valence-corrected chi connectivity index (χ4v) is 5.14. The molecule has 120 valence electrons. The van der Waals surface area contributed by atoms with Gasteiger partial charge in [-0.05, 0) is 38.0 Å². The number of methoxy groups -OCH3 is 1. The van der Waals surface area contributed by atoms with Gasteiger partial charge in [-0.15, -0.1) is 0 Å². The summed E-state index contributed by atoms with van der Waals surface area (Å²) in [6.07, 6.45) is 3.64. The van der Waals surface area contributed by atoms with E-state index in [1.54, 1.807) is 7.11 Å². The molecule has 4 saturated heterocycles. The molecular weight excluding hydrogens is 272 g/mol. The summed E-state index contributed by atoms with van der Waals surface area (Å²) in [7, 11) is 1.70. The molecule has 5 rings (SSSR count). The van der Waals surface area contributed by atoms with Gasteiger partial charge in [0.25, 0.3) is 0 Å². The van der Waals surface area contributed by atoms with Gasteiger partial charge in [-0.2, -0.15) is 0 Å². The molecule has 1 aliphatic carbocycles. The van der Waals surface area contributed by atoms with Crippen LogP contribution < -0.4 is 0 Å². The maximum absolute atomic E-state index is 6.21. The third kappa shape index (κ3) is 1.81. The highest BCUT2D eigenvalue weighted by Crippen LogP contribution is 2.60. The third-order valence-electron chi connectivity index (χ3n) is 6.33. The van der Waals surface area contributed by atoms with Crippen molar-refractivity contribution < 1.29 is 24.0 Å². The standard InChI is InChI=1S/C16H26O5/c1-9-5-6-12-10(2)13(17-4)18-14-16(12)11(9)7-8-15(3,19-14)20-21-16/h9-14H,5-8H2,1-4H3/t9-,10-,11?,12?,13?,14-,15-,16-/m1/s1. The topological polar surface area (TPSA) is 46.2 Å². The van der Waals surface area contributed by atoms with Gasteiger partial charge in [0.15, 0.2) is 18.2 Å². The van der Waals surface area contributed by atoms with Crippen molar-refractivity contribution in [2.75, 3.05) is 7.11 Å². The maximum atomic E-state index is 6.21. The Morgan fingerprint density at radius 1 is 1.05 bits per heavy atom. The fourth-order valence-electron chi connectivity index (χ4n) is 5.14. The van der Waals surface area contributed by atoms with Crippen molar-refractivity contribution in [1.82, 2.24) is 0 Å². The molecule has 4 aliphatic heterocycles. The number of hydrogen-bond acceptors (Lipinski definition) is 5. The molecule has 5 fully saturated rings. The average molecular weight is 298 g/mol. The molecule has 8 atom stereocenters. The van der Waals surface area contributed by atoms with Gasteiger partial charge in [0, 0.05) is 25.4 Å².